The zero-order chi connectivity index (χ0) is 11.7. The first kappa shape index (κ1) is 10.6. The van der Waals surface area contributed by atoms with E-state index >= 15 is 0 Å². The van der Waals surface area contributed by atoms with Gasteiger partial charge in [-0.1, -0.05) is 37.5 Å². The van der Waals surface area contributed by atoms with Crippen molar-refractivity contribution in [3.63, 3.8) is 0 Å². The summed E-state index contributed by atoms with van der Waals surface area (Å²) in [6, 6.07) is 8.80. The molecule has 0 amide bonds. The van der Waals surface area contributed by atoms with Crippen LogP contribution in [0, 0.1) is 0 Å². The smallest absolute Gasteiger partial charge is 0.152 e. The lowest BCUT2D eigenvalue weighted by Crippen LogP contribution is -2.11. The number of aromatic nitrogens is 1. The van der Waals surface area contributed by atoms with Crippen LogP contribution in [0.3, 0.4) is 0 Å². The largest absolute Gasteiger partial charge is 0.344 e. The Labute approximate surface area is 101 Å². The van der Waals surface area contributed by atoms with Crippen molar-refractivity contribution in [2.45, 2.75) is 38.1 Å². The van der Waals surface area contributed by atoms with Crippen molar-refractivity contribution in [1.82, 2.24) is 4.57 Å². The van der Waals surface area contributed by atoms with Gasteiger partial charge in [-0.15, -0.1) is 0 Å². The summed E-state index contributed by atoms with van der Waals surface area (Å²) in [7, 11) is 0. The third-order valence-corrected chi connectivity index (χ3v) is 3.87. The van der Waals surface area contributed by atoms with Crippen LogP contribution in [0.15, 0.2) is 30.5 Å². The number of carbonyl (C=O) groups is 1. The number of carbonyl (C=O) groups excluding carboxylic acids is 1. The van der Waals surface area contributed by atoms with E-state index in [0.717, 1.165) is 17.2 Å². The van der Waals surface area contributed by atoms with E-state index in [2.05, 4.69) is 16.7 Å². The second kappa shape index (κ2) is 4.36. The van der Waals surface area contributed by atoms with Crippen LogP contribution >= 0.6 is 0 Å². The molecule has 17 heavy (non-hydrogen) atoms. The summed E-state index contributed by atoms with van der Waals surface area (Å²) in [5, 5.41) is 1.09. The minimum atomic E-state index is 0.586. The molecule has 88 valence electrons. The van der Waals surface area contributed by atoms with Gasteiger partial charge in [-0.3, -0.25) is 4.79 Å². The van der Waals surface area contributed by atoms with E-state index < -0.39 is 0 Å². The minimum Gasteiger partial charge on any atom is -0.344 e. The van der Waals surface area contributed by atoms with E-state index in [-0.39, 0.29) is 0 Å². The predicted octanol–water partition coefficient (Wildman–Crippen LogP) is 3.96. The molecule has 3 rings (SSSR count). The Kier molecular flexibility index (Phi) is 2.71. The molecule has 0 spiro atoms. The number of rotatable bonds is 2. The second-order valence-electron chi connectivity index (χ2n) is 4.92. The van der Waals surface area contributed by atoms with Crippen LogP contribution in [-0.2, 0) is 0 Å². The van der Waals surface area contributed by atoms with Gasteiger partial charge in [-0.05, 0) is 18.9 Å². The van der Waals surface area contributed by atoms with Gasteiger partial charge < -0.3 is 4.57 Å². The van der Waals surface area contributed by atoms with Gasteiger partial charge >= 0.3 is 0 Å². The van der Waals surface area contributed by atoms with E-state index in [1.165, 1.54) is 37.6 Å². The lowest BCUT2D eigenvalue weighted by Gasteiger charge is -2.24. The highest BCUT2D eigenvalue weighted by atomic mass is 16.1. The van der Waals surface area contributed by atoms with Crippen LogP contribution < -0.4 is 0 Å². The van der Waals surface area contributed by atoms with E-state index in [1.807, 2.05) is 18.3 Å². The molecule has 2 heteroatoms. The van der Waals surface area contributed by atoms with Crippen molar-refractivity contribution in [1.29, 1.82) is 0 Å². The monoisotopic (exact) mass is 227 g/mol. The van der Waals surface area contributed by atoms with Crippen LogP contribution in [0.4, 0.5) is 0 Å². The highest BCUT2D eigenvalue weighted by molar-refractivity contribution is 5.97. The fraction of sp³-hybridized carbons (Fsp3) is 0.400. The molecule has 1 aromatic heterocycles. The van der Waals surface area contributed by atoms with Gasteiger partial charge in [0.1, 0.15) is 0 Å². The summed E-state index contributed by atoms with van der Waals surface area (Å²) in [5.74, 6) is 0. The van der Waals surface area contributed by atoms with Crippen molar-refractivity contribution >= 4 is 17.2 Å². The highest BCUT2D eigenvalue weighted by Crippen LogP contribution is 2.32. The summed E-state index contributed by atoms with van der Waals surface area (Å²) < 4.78 is 2.32. The van der Waals surface area contributed by atoms with Crippen molar-refractivity contribution in [2.24, 2.45) is 0 Å². The molecule has 0 atom stereocenters. The molecule has 1 heterocycles. The molecule has 0 radical (unpaired) electrons. The number of fused-ring (bicyclic) bond motifs is 1. The first-order chi connectivity index (χ1) is 8.40. The van der Waals surface area contributed by atoms with Crippen LogP contribution in [0.2, 0.25) is 0 Å². The molecule has 0 N–H and O–H groups in total. The SMILES string of the molecule is O=Cc1cn(C2CCCCC2)c2ccccc12. The predicted molar refractivity (Wildman–Crippen MR) is 69.4 cm³/mol. The van der Waals surface area contributed by atoms with E-state index in [0.29, 0.717) is 6.04 Å². The Balaban J connectivity index is 2.11. The highest BCUT2D eigenvalue weighted by Gasteiger charge is 2.18. The van der Waals surface area contributed by atoms with Gasteiger partial charge in [0.15, 0.2) is 6.29 Å². The summed E-state index contributed by atoms with van der Waals surface area (Å²) in [4.78, 5) is 11.1. The number of hydrogen-bond acceptors (Lipinski definition) is 1. The summed E-state index contributed by atoms with van der Waals surface area (Å²) in [5.41, 5.74) is 2.03. The maximum absolute atomic E-state index is 11.1. The van der Waals surface area contributed by atoms with Gasteiger partial charge in [0.2, 0.25) is 0 Å². The Bertz CT molecular complexity index is 535. The van der Waals surface area contributed by atoms with Crippen LogP contribution in [0.5, 0.6) is 0 Å². The molecule has 0 unspecified atom stereocenters. The normalized spacial score (nSPS) is 17.4. The number of hydrogen-bond donors (Lipinski definition) is 0. The first-order valence-electron chi connectivity index (χ1n) is 6.45. The fourth-order valence-electron chi connectivity index (χ4n) is 2.99. The summed E-state index contributed by atoms with van der Waals surface area (Å²) in [6.07, 6.45) is 9.49. The lowest BCUT2D eigenvalue weighted by molar-refractivity contribution is 0.112. The third kappa shape index (κ3) is 1.78. The van der Waals surface area contributed by atoms with Crippen molar-refractivity contribution < 1.29 is 4.79 Å². The Morgan fingerprint density at radius 2 is 1.88 bits per heavy atom. The van der Waals surface area contributed by atoms with Gasteiger partial charge in [0, 0.05) is 28.7 Å². The van der Waals surface area contributed by atoms with Gasteiger partial charge in [-0.25, -0.2) is 0 Å². The number of nitrogens with zero attached hydrogens (tertiary/aromatic N) is 1. The molecule has 1 aromatic carbocycles. The zero-order valence-electron chi connectivity index (χ0n) is 9.93. The summed E-state index contributed by atoms with van der Waals surface area (Å²) in [6.45, 7) is 0. The van der Waals surface area contributed by atoms with Crippen molar-refractivity contribution in [3.8, 4) is 0 Å². The lowest BCUT2D eigenvalue weighted by atomic mass is 9.95. The van der Waals surface area contributed by atoms with E-state index in [9.17, 15) is 4.79 Å². The number of benzene rings is 1. The molecular formula is C15H17NO. The van der Waals surface area contributed by atoms with Crippen LogP contribution in [-0.4, -0.2) is 10.9 Å². The Morgan fingerprint density at radius 3 is 2.65 bits per heavy atom. The molecule has 1 saturated carbocycles. The Hall–Kier alpha value is -1.57. The van der Waals surface area contributed by atoms with Crippen LogP contribution in [0.25, 0.3) is 10.9 Å². The van der Waals surface area contributed by atoms with Crippen LogP contribution in [0.1, 0.15) is 48.5 Å². The molecule has 0 aliphatic heterocycles. The molecule has 2 aromatic rings. The molecule has 0 bridgehead atoms. The van der Waals surface area contributed by atoms with Gasteiger partial charge in [0.05, 0.1) is 0 Å². The maximum atomic E-state index is 11.1. The first-order valence-corrected chi connectivity index (χ1v) is 6.45. The molecule has 0 saturated heterocycles. The topological polar surface area (TPSA) is 22.0 Å². The molecular weight excluding hydrogens is 210 g/mol. The van der Waals surface area contributed by atoms with Gasteiger partial charge in [0.25, 0.3) is 0 Å². The third-order valence-electron chi connectivity index (χ3n) is 3.87. The quantitative estimate of drug-likeness (QED) is 0.712. The second-order valence-corrected chi connectivity index (χ2v) is 4.92. The van der Waals surface area contributed by atoms with Crippen molar-refractivity contribution in [2.75, 3.05) is 0 Å². The molecule has 1 aliphatic carbocycles. The fourth-order valence-corrected chi connectivity index (χ4v) is 2.99. The molecule has 2 nitrogen and oxygen atoms in total. The molecule has 1 fully saturated rings. The van der Waals surface area contributed by atoms with Gasteiger partial charge in [-0.2, -0.15) is 0 Å². The standard InChI is InChI=1S/C15H17NO/c17-11-12-10-16(13-6-2-1-3-7-13)15-9-5-4-8-14(12)15/h4-5,8-11,13H,1-3,6-7H2. The molecule has 1 aliphatic rings. The number of para-hydroxylation sites is 1. The number of aldehydes is 1. The maximum Gasteiger partial charge on any atom is 0.152 e. The van der Waals surface area contributed by atoms with E-state index in [4.69, 9.17) is 0 Å². The average Bonchev–Trinajstić information content (AvgIpc) is 2.78. The van der Waals surface area contributed by atoms with E-state index in [1.54, 1.807) is 0 Å². The Morgan fingerprint density at radius 1 is 1.12 bits per heavy atom. The minimum absolute atomic E-state index is 0.586. The zero-order valence-corrected chi connectivity index (χ0v) is 9.93. The van der Waals surface area contributed by atoms with Crippen molar-refractivity contribution in [3.05, 3.63) is 36.0 Å². The average molecular weight is 227 g/mol. The summed E-state index contributed by atoms with van der Waals surface area (Å²) >= 11 is 0.